The number of rotatable bonds is 5. The normalized spacial score (nSPS) is 15.7. The Hall–Kier alpha value is -4.07. The predicted octanol–water partition coefficient (Wildman–Crippen LogP) is 5.23. The Morgan fingerprint density at radius 2 is 1.89 bits per heavy atom. The summed E-state index contributed by atoms with van der Waals surface area (Å²) in [5, 5.41) is 4.53. The van der Waals surface area contributed by atoms with Crippen molar-refractivity contribution < 1.29 is 13.9 Å². The average Bonchev–Trinajstić information content (AvgIpc) is 3.22. The summed E-state index contributed by atoms with van der Waals surface area (Å²) in [5.41, 5.74) is 4.09. The van der Waals surface area contributed by atoms with Gasteiger partial charge in [0.1, 0.15) is 17.3 Å². The number of halogens is 1. The number of carbonyl (C=O) groups excluding carboxylic acids is 1. The van der Waals surface area contributed by atoms with Crippen LogP contribution in [0.2, 0.25) is 0 Å². The number of aromatic nitrogens is 4. The minimum absolute atomic E-state index is 0.0328. The van der Waals surface area contributed by atoms with Crippen LogP contribution in [0.25, 0.3) is 5.69 Å². The second-order valence-corrected chi connectivity index (χ2v) is 8.79. The van der Waals surface area contributed by atoms with Crippen molar-refractivity contribution in [3.8, 4) is 17.3 Å². The predicted molar refractivity (Wildman–Crippen MR) is 129 cm³/mol. The van der Waals surface area contributed by atoms with Gasteiger partial charge in [-0.1, -0.05) is 12.1 Å². The van der Waals surface area contributed by atoms with Crippen LogP contribution in [-0.2, 0) is 0 Å². The van der Waals surface area contributed by atoms with E-state index < -0.39 is 0 Å². The van der Waals surface area contributed by atoms with Gasteiger partial charge in [0.15, 0.2) is 0 Å². The first-order valence-corrected chi connectivity index (χ1v) is 11.7. The van der Waals surface area contributed by atoms with Crippen LogP contribution in [0.4, 0.5) is 4.39 Å². The van der Waals surface area contributed by atoms with Crippen molar-refractivity contribution in [2.45, 2.75) is 32.6 Å². The molecule has 1 saturated heterocycles. The minimum Gasteiger partial charge on any atom is -0.437 e. The lowest BCUT2D eigenvalue weighted by molar-refractivity contribution is 0.0704. The van der Waals surface area contributed by atoms with Gasteiger partial charge < -0.3 is 9.64 Å². The second-order valence-electron chi connectivity index (χ2n) is 8.79. The molecule has 0 N–H and O–H groups in total. The maximum atomic E-state index is 13.6. The number of nitrogens with zero attached hydrogens (tertiary/aromatic N) is 5. The largest absolute Gasteiger partial charge is 0.437 e. The topological polar surface area (TPSA) is 73.1 Å². The molecule has 0 spiro atoms. The number of carbonyl (C=O) groups is 1. The van der Waals surface area contributed by atoms with E-state index in [9.17, 15) is 9.18 Å². The molecule has 4 aromatic rings. The lowest BCUT2D eigenvalue weighted by Crippen LogP contribution is -2.39. The fourth-order valence-electron chi connectivity index (χ4n) is 4.57. The molecule has 0 bridgehead atoms. The molecule has 3 heterocycles. The zero-order chi connectivity index (χ0) is 24.4. The van der Waals surface area contributed by atoms with Crippen LogP contribution >= 0.6 is 0 Å². The molecule has 7 nitrogen and oxygen atoms in total. The highest BCUT2D eigenvalue weighted by molar-refractivity contribution is 5.94. The van der Waals surface area contributed by atoms with E-state index in [2.05, 4.69) is 15.1 Å². The summed E-state index contributed by atoms with van der Waals surface area (Å²) in [5.74, 6) is 0.240. The van der Waals surface area contributed by atoms with Gasteiger partial charge in [0, 0.05) is 48.7 Å². The fraction of sp³-hybridized carbons (Fsp3) is 0.259. The Morgan fingerprint density at radius 1 is 1.06 bits per heavy atom. The van der Waals surface area contributed by atoms with E-state index in [-0.39, 0.29) is 17.6 Å². The van der Waals surface area contributed by atoms with Gasteiger partial charge in [0.05, 0.1) is 11.4 Å². The molecule has 0 radical (unpaired) electrons. The summed E-state index contributed by atoms with van der Waals surface area (Å²) >= 11 is 0. The molecule has 8 heteroatoms. The smallest absolute Gasteiger partial charge is 0.253 e. The van der Waals surface area contributed by atoms with Crippen LogP contribution in [0, 0.1) is 19.7 Å². The van der Waals surface area contributed by atoms with Crippen LogP contribution in [-0.4, -0.2) is 43.6 Å². The molecule has 0 unspecified atom stereocenters. The summed E-state index contributed by atoms with van der Waals surface area (Å²) in [7, 11) is 0. The van der Waals surface area contributed by atoms with Gasteiger partial charge in [-0.05, 0) is 63.1 Å². The maximum Gasteiger partial charge on any atom is 0.253 e. The van der Waals surface area contributed by atoms with Crippen molar-refractivity contribution in [3.63, 3.8) is 0 Å². The highest BCUT2D eigenvalue weighted by Crippen LogP contribution is 2.33. The van der Waals surface area contributed by atoms with E-state index in [4.69, 9.17) is 4.74 Å². The van der Waals surface area contributed by atoms with Crippen molar-refractivity contribution in [2.24, 2.45) is 0 Å². The molecule has 1 aliphatic rings. The van der Waals surface area contributed by atoms with Gasteiger partial charge in [-0.15, -0.1) is 0 Å². The van der Waals surface area contributed by atoms with Crippen LogP contribution in [0.5, 0.6) is 11.6 Å². The minimum atomic E-state index is -0.384. The monoisotopic (exact) mass is 471 g/mol. The van der Waals surface area contributed by atoms with Crippen molar-refractivity contribution in [3.05, 3.63) is 95.5 Å². The zero-order valence-electron chi connectivity index (χ0n) is 19.7. The number of hydrogen-bond donors (Lipinski definition) is 0. The van der Waals surface area contributed by atoms with E-state index in [1.807, 2.05) is 53.8 Å². The lowest BCUT2D eigenvalue weighted by atomic mass is 9.94. The van der Waals surface area contributed by atoms with Gasteiger partial charge in [-0.2, -0.15) is 5.10 Å². The third-order valence-corrected chi connectivity index (χ3v) is 6.14. The Balaban J connectivity index is 1.36. The Kier molecular flexibility index (Phi) is 6.27. The van der Waals surface area contributed by atoms with Gasteiger partial charge in [-0.25, -0.2) is 14.1 Å². The fourth-order valence-corrected chi connectivity index (χ4v) is 4.57. The first kappa shape index (κ1) is 22.7. The molecule has 1 aliphatic heterocycles. The second kappa shape index (κ2) is 9.66. The summed E-state index contributed by atoms with van der Waals surface area (Å²) in [4.78, 5) is 24.2. The number of aryl methyl sites for hydroxylation is 2. The molecule has 1 fully saturated rings. The molecule has 5 rings (SSSR count). The number of hydrogen-bond acceptors (Lipinski definition) is 5. The van der Waals surface area contributed by atoms with E-state index in [0.29, 0.717) is 36.0 Å². The average molecular weight is 472 g/mol. The van der Waals surface area contributed by atoms with Crippen LogP contribution < -0.4 is 4.74 Å². The van der Waals surface area contributed by atoms with E-state index >= 15 is 0 Å². The van der Waals surface area contributed by atoms with Crippen LogP contribution in [0.3, 0.4) is 0 Å². The summed E-state index contributed by atoms with van der Waals surface area (Å²) in [6, 6.07) is 15.5. The summed E-state index contributed by atoms with van der Waals surface area (Å²) < 4.78 is 21.3. The summed E-state index contributed by atoms with van der Waals surface area (Å²) in [6.45, 7) is 5.11. The number of piperidine rings is 1. The first-order chi connectivity index (χ1) is 17.0. The number of benzene rings is 2. The van der Waals surface area contributed by atoms with Gasteiger partial charge >= 0.3 is 0 Å². The highest BCUT2D eigenvalue weighted by Gasteiger charge is 2.29. The molecule has 1 atom stereocenters. The molecular formula is C27H26FN5O2. The Labute approximate surface area is 203 Å². The Morgan fingerprint density at radius 3 is 2.69 bits per heavy atom. The van der Waals surface area contributed by atoms with Crippen molar-refractivity contribution in [1.82, 2.24) is 24.6 Å². The quantitative estimate of drug-likeness (QED) is 0.399. The zero-order valence-corrected chi connectivity index (χ0v) is 19.7. The third-order valence-electron chi connectivity index (χ3n) is 6.14. The first-order valence-electron chi connectivity index (χ1n) is 11.7. The van der Waals surface area contributed by atoms with Crippen molar-refractivity contribution in [1.29, 1.82) is 0 Å². The standard InChI is InChI=1S/C27H26FN5O2/c1-18-14-19(2)33(31-18)23-9-3-6-20(15-23)27(34)32-13-5-7-21(17-32)25-26(30-12-11-29-25)35-24-10-4-8-22(28)16-24/h3-4,6,8-12,14-16,21H,5,7,13,17H2,1-2H3/t21-/m1/s1. The highest BCUT2D eigenvalue weighted by atomic mass is 19.1. The number of amides is 1. The lowest BCUT2D eigenvalue weighted by Gasteiger charge is -2.33. The molecule has 2 aromatic carbocycles. The molecule has 0 aliphatic carbocycles. The molecule has 0 saturated carbocycles. The van der Waals surface area contributed by atoms with E-state index in [0.717, 1.165) is 29.9 Å². The summed E-state index contributed by atoms with van der Waals surface area (Å²) in [6.07, 6.45) is 4.86. The molecule has 1 amide bonds. The maximum absolute atomic E-state index is 13.6. The molecule has 35 heavy (non-hydrogen) atoms. The third kappa shape index (κ3) is 4.91. The van der Waals surface area contributed by atoms with Crippen LogP contribution in [0.1, 0.15) is 46.2 Å². The molecule has 178 valence electrons. The van der Waals surface area contributed by atoms with E-state index in [1.165, 1.54) is 12.1 Å². The Bertz CT molecular complexity index is 1370. The number of ether oxygens (including phenoxy) is 1. The molecule has 2 aromatic heterocycles. The molecular weight excluding hydrogens is 445 g/mol. The van der Waals surface area contributed by atoms with Crippen molar-refractivity contribution >= 4 is 5.91 Å². The van der Waals surface area contributed by atoms with E-state index in [1.54, 1.807) is 24.5 Å². The number of likely N-dealkylation sites (tertiary alicyclic amines) is 1. The van der Waals surface area contributed by atoms with Crippen LogP contribution in [0.15, 0.2) is 67.0 Å². The SMILES string of the molecule is Cc1cc(C)n(-c2cccc(C(=O)N3CCC[C@@H](c4nccnc4Oc4cccc(F)c4)C3)c2)n1. The van der Waals surface area contributed by atoms with Gasteiger partial charge in [0.2, 0.25) is 5.88 Å². The van der Waals surface area contributed by atoms with Crippen molar-refractivity contribution in [2.75, 3.05) is 13.1 Å². The van der Waals surface area contributed by atoms with Gasteiger partial charge in [-0.3, -0.25) is 9.78 Å². The van der Waals surface area contributed by atoms with Gasteiger partial charge in [0.25, 0.3) is 5.91 Å².